The number of para-hydroxylation sites is 1. The minimum atomic E-state index is -1.24. The highest BCUT2D eigenvalue weighted by Crippen LogP contribution is 2.27. The molecule has 8 nitrogen and oxygen atoms in total. The normalized spacial score (nSPS) is 16.2. The number of fused-ring (bicyclic) bond motifs is 1. The number of hydrogen-bond donors (Lipinski definition) is 3. The molecule has 0 saturated heterocycles. The highest BCUT2D eigenvalue weighted by Gasteiger charge is 2.36. The summed E-state index contributed by atoms with van der Waals surface area (Å²) in [5.74, 6) is -2.80. The van der Waals surface area contributed by atoms with E-state index in [1.807, 2.05) is 0 Å². The number of aryl methyl sites for hydroxylation is 2. The lowest BCUT2D eigenvalue weighted by molar-refractivity contribution is -0.136. The lowest BCUT2D eigenvalue weighted by Gasteiger charge is -2.24. The molecule has 0 radical (unpaired) electrons. The second-order valence-electron chi connectivity index (χ2n) is 6.95. The number of benzene rings is 2. The van der Waals surface area contributed by atoms with Gasteiger partial charge in [0.05, 0.1) is 5.69 Å². The predicted octanol–water partition coefficient (Wildman–Crippen LogP) is 1.81. The summed E-state index contributed by atoms with van der Waals surface area (Å²) in [6.07, 6.45) is -0.284. The highest BCUT2D eigenvalue weighted by atomic mass is 16.4. The van der Waals surface area contributed by atoms with E-state index >= 15 is 0 Å². The number of rotatable bonds is 4. The van der Waals surface area contributed by atoms with E-state index in [1.54, 1.807) is 26.0 Å². The Bertz CT molecular complexity index is 1010. The topological polar surface area (TPSA) is 124 Å². The molecule has 150 valence electrons. The van der Waals surface area contributed by atoms with Crippen LogP contribution in [0.4, 0.5) is 5.69 Å². The number of aliphatic carboxylic acids is 1. The van der Waals surface area contributed by atoms with E-state index in [9.17, 15) is 29.4 Å². The molecule has 2 aromatic rings. The van der Waals surface area contributed by atoms with Gasteiger partial charge < -0.3 is 15.5 Å². The Balaban J connectivity index is 1.94. The average molecular weight is 396 g/mol. The fraction of sp³-hybridized carbons (Fsp3) is 0.238. The Morgan fingerprint density at radius 3 is 2.38 bits per heavy atom. The summed E-state index contributed by atoms with van der Waals surface area (Å²) in [5.41, 5.74) is 1.66. The SMILES string of the molecule is Cc1cc(C(=O)N[C@H]2CC(=O)c3ccccc3N(CC(=O)O)C2=O)cc(C)c1O. The van der Waals surface area contributed by atoms with E-state index in [0.717, 1.165) is 4.90 Å². The number of ketones is 1. The third-order valence-electron chi connectivity index (χ3n) is 4.80. The number of hydrogen-bond acceptors (Lipinski definition) is 5. The van der Waals surface area contributed by atoms with Gasteiger partial charge in [0.2, 0.25) is 0 Å². The van der Waals surface area contributed by atoms with Gasteiger partial charge in [-0.2, -0.15) is 0 Å². The summed E-state index contributed by atoms with van der Waals surface area (Å²) < 4.78 is 0. The van der Waals surface area contributed by atoms with Crippen LogP contribution in [0.1, 0.15) is 38.3 Å². The summed E-state index contributed by atoms with van der Waals surface area (Å²) >= 11 is 0. The standard InChI is InChI=1S/C21H20N2O6/c1-11-7-13(8-12(2)19(11)27)20(28)22-15-9-17(24)14-5-3-4-6-16(14)23(21(15)29)10-18(25)26/h3-8,15,27H,9-10H2,1-2H3,(H,22,28)(H,25,26)/t15-/m0/s1. The number of carbonyl (C=O) groups excluding carboxylic acids is 3. The Morgan fingerprint density at radius 2 is 1.76 bits per heavy atom. The van der Waals surface area contributed by atoms with Crippen molar-refractivity contribution in [2.45, 2.75) is 26.3 Å². The average Bonchev–Trinajstić information content (AvgIpc) is 2.76. The zero-order valence-electron chi connectivity index (χ0n) is 15.9. The molecule has 3 N–H and O–H groups in total. The third kappa shape index (κ3) is 3.96. The van der Waals surface area contributed by atoms with Crippen LogP contribution in [0.15, 0.2) is 36.4 Å². The number of phenols is 1. The number of nitrogens with one attached hydrogen (secondary N) is 1. The number of phenolic OH excluding ortho intramolecular Hbond substituents is 1. The molecule has 1 heterocycles. The van der Waals surface area contributed by atoms with Crippen molar-refractivity contribution in [3.8, 4) is 5.75 Å². The number of carbonyl (C=O) groups is 4. The zero-order valence-corrected chi connectivity index (χ0v) is 15.9. The molecule has 0 spiro atoms. The van der Waals surface area contributed by atoms with E-state index in [0.29, 0.717) is 11.1 Å². The number of carboxylic acids is 1. The van der Waals surface area contributed by atoms with Crippen LogP contribution < -0.4 is 10.2 Å². The Labute approximate surface area is 166 Å². The van der Waals surface area contributed by atoms with Crippen molar-refractivity contribution in [3.05, 3.63) is 58.7 Å². The minimum absolute atomic E-state index is 0.0744. The molecule has 2 aromatic carbocycles. The summed E-state index contributed by atoms with van der Waals surface area (Å²) in [4.78, 5) is 50.6. The van der Waals surface area contributed by atoms with Crippen LogP contribution in [0, 0.1) is 13.8 Å². The summed E-state index contributed by atoms with van der Waals surface area (Å²) in [6.45, 7) is 2.66. The number of anilines is 1. The molecule has 0 bridgehead atoms. The predicted molar refractivity (Wildman–Crippen MR) is 104 cm³/mol. The molecule has 0 aliphatic carbocycles. The van der Waals surface area contributed by atoms with Crippen molar-refractivity contribution >= 4 is 29.3 Å². The van der Waals surface area contributed by atoms with Crippen molar-refractivity contribution < 1.29 is 29.4 Å². The molecule has 3 rings (SSSR count). The summed E-state index contributed by atoms with van der Waals surface area (Å²) in [5, 5.41) is 21.6. The molecule has 0 fully saturated rings. The van der Waals surface area contributed by atoms with Crippen LogP contribution in [0.2, 0.25) is 0 Å². The largest absolute Gasteiger partial charge is 0.507 e. The number of amides is 2. The maximum Gasteiger partial charge on any atom is 0.323 e. The van der Waals surface area contributed by atoms with Crippen molar-refractivity contribution in [2.24, 2.45) is 0 Å². The Kier molecular flexibility index (Phi) is 5.36. The quantitative estimate of drug-likeness (QED) is 0.724. The van der Waals surface area contributed by atoms with Gasteiger partial charge in [-0.1, -0.05) is 12.1 Å². The van der Waals surface area contributed by atoms with Crippen LogP contribution in [-0.4, -0.2) is 46.4 Å². The van der Waals surface area contributed by atoms with Crippen LogP contribution in [-0.2, 0) is 9.59 Å². The van der Waals surface area contributed by atoms with Gasteiger partial charge in [-0.3, -0.25) is 24.1 Å². The molecular weight excluding hydrogens is 376 g/mol. The first-order chi connectivity index (χ1) is 13.7. The zero-order chi connectivity index (χ0) is 21.3. The van der Waals surface area contributed by atoms with Crippen molar-refractivity contribution in [1.82, 2.24) is 5.32 Å². The maximum absolute atomic E-state index is 13.0. The summed E-state index contributed by atoms with van der Waals surface area (Å²) in [6, 6.07) is 8.00. The molecule has 29 heavy (non-hydrogen) atoms. The third-order valence-corrected chi connectivity index (χ3v) is 4.80. The molecule has 0 saturated carbocycles. The van der Waals surface area contributed by atoms with Crippen LogP contribution >= 0.6 is 0 Å². The molecule has 0 unspecified atom stereocenters. The van der Waals surface area contributed by atoms with Gasteiger partial charge >= 0.3 is 5.97 Å². The molecular formula is C21H20N2O6. The lowest BCUT2D eigenvalue weighted by Crippen LogP contribution is -2.49. The first kappa shape index (κ1) is 20.1. The lowest BCUT2D eigenvalue weighted by atomic mass is 10.0. The van der Waals surface area contributed by atoms with Crippen molar-refractivity contribution in [1.29, 1.82) is 0 Å². The van der Waals surface area contributed by atoms with Crippen LogP contribution in [0.5, 0.6) is 5.75 Å². The second kappa shape index (κ2) is 7.75. The van der Waals surface area contributed by atoms with Gasteiger partial charge in [-0.15, -0.1) is 0 Å². The molecule has 1 aliphatic rings. The Hall–Kier alpha value is -3.68. The van der Waals surface area contributed by atoms with E-state index in [1.165, 1.54) is 24.3 Å². The monoisotopic (exact) mass is 396 g/mol. The number of carboxylic acid groups (broad SMARTS) is 1. The molecule has 8 heteroatoms. The molecule has 1 aliphatic heterocycles. The van der Waals surface area contributed by atoms with Gasteiger partial charge in [0, 0.05) is 17.5 Å². The van der Waals surface area contributed by atoms with Crippen LogP contribution in [0.3, 0.4) is 0 Å². The van der Waals surface area contributed by atoms with E-state index in [4.69, 9.17) is 0 Å². The number of Topliss-reactive ketones (excluding diaryl/α,β-unsaturated/α-hetero) is 1. The van der Waals surface area contributed by atoms with Gasteiger partial charge in [0.15, 0.2) is 5.78 Å². The van der Waals surface area contributed by atoms with Crippen molar-refractivity contribution in [2.75, 3.05) is 11.4 Å². The molecule has 2 amide bonds. The van der Waals surface area contributed by atoms with E-state index in [2.05, 4.69) is 5.32 Å². The fourth-order valence-electron chi connectivity index (χ4n) is 3.37. The maximum atomic E-state index is 13.0. The van der Waals surface area contributed by atoms with Crippen LogP contribution in [0.25, 0.3) is 0 Å². The van der Waals surface area contributed by atoms with E-state index < -0.39 is 30.4 Å². The minimum Gasteiger partial charge on any atom is -0.507 e. The van der Waals surface area contributed by atoms with Gasteiger partial charge in [0.1, 0.15) is 18.3 Å². The number of aromatic hydroxyl groups is 1. The highest BCUT2D eigenvalue weighted by molar-refractivity contribution is 6.14. The first-order valence-corrected chi connectivity index (χ1v) is 8.95. The smallest absolute Gasteiger partial charge is 0.323 e. The van der Waals surface area contributed by atoms with E-state index in [-0.39, 0.29) is 34.8 Å². The first-order valence-electron chi connectivity index (χ1n) is 8.95. The molecule has 1 atom stereocenters. The molecule has 0 aromatic heterocycles. The second-order valence-corrected chi connectivity index (χ2v) is 6.95. The van der Waals surface area contributed by atoms with Gasteiger partial charge in [-0.25, -0.2) is 0 Å². The van der Waals surface area contributed by atoms with Gasteiger partial charge in [0.25, 0.3) is 11.8 Å². The fourth-order valence-corrected chi connectivity index (χ4v) is 3.37. The number of nitrogens with zero attached hydrogens (tertiary/aromatic N) is 1. The Morgan fingerprint density at radius 1 is 1.14 bits per heavy atom. The van der Waals surface area contributed by atoms with Crippen molar-refractivity contribution in [3.63, 3.8) is 0 Å². The summed E-state index contributed by atoms with van der Waals surface area (Å²) in [7, 11) is 0. The van der Waals surface area contributed by atoms with Gasteiger partial charge in [-0.05, 0) is 49.2 Å².